The van der Waals surface area contributed by atoms with Crippen LogP contribution in [-0.4, -0.2) is 28.9 Å². The molecule has 6 heteroatoms. The molecule has 3 aromatic carbocycles. The third-order valence-electron chi connectivity index (χ3n) is 6.02. The summed E-state index contributed by atoms with van der Waals surface area (Å²) in [5.41, 5.74) is 1.70. The van der Waals surface area contributed by atoms with Gasteiger partial charge in [-0.1, -0.05) is 66.7 Å². The summed E-state index contributed by atoms with van der Waals surface area (Å²) in [5, 5.41) is 0.286. The molecule has 4 rings (SSSR count). The monoisotopic (exact) mass is 483 g/mol. The smallest absolute Gasteiger partial charge is 0.342 e. The van der Waals surface area contributed by atoms with Gasteiger partial charge in [-0.25, -0.2) is 4.79 Å². The Morgan fingerprint density at radius 3 is 2.17 bits per heavy atom. The maximum atomic E-state index is 13.1. The molecule has 0 spiro atoms. The van der Waals surface area contributed by atoms with Crippen molar-refractivity contribution in [2.24, 2.45) is 0 Å². The van der Waals surface area contributed by atoms with Gasteiger partial charge in [-0.15, -0.1) is 0 Å². The number of benzene rings is 3. The van der Waals surface area contributed by atoms with Gasteiger partial charge in [0.1, 0.15) is 11.3 Å². The molecule has 6 nitrogen and oxygen atoms in total. The minimum Gasteiger partial charge on any atom is -0.455 e. The standard InChI is InChI=1S/C30H29NO5/c1-20-26(33)23-16-11-17-24(28(23)36-27(20)22-14-9-6-10-15-22)29(34)35-19-25(32)31(30(2,3)4)18-21-12-7-5-8-13-21/h5-17H,18-19H2,1-4H3. The molecule has 0 fully saturated rings. The van der Waals surface area contributed by atoms with Crippen LogP contribution in [0.25, 0.3) is 22.3 Å². The van der Waals surface area contributed by atoms with Gasteiger partial charge in [0.15, 0.2) is 17.6 Å². The number of nitrogens with zero attached hydrogens (tertiary/aromatic N) is 1. The lowest BCUT2D eigenvalue weighted by atomic mass is 10.0. The summed E-state index contributed by atoms with van der Waals surface area (Å²) in [6.07, 6.45) is 0. The summed E-state index contributed by atoms with van der Waals surface area (Å²) in [6.45, 7) is 7.46. The van der Waals surface area contributed by atoms with Crippen LogP contribution in [0.1, 0.15) is 42.3 Å². The Kier molecular flexibility index (Phi) is 7.06. The average Bonchev–Trinajstić information content (AvgIpc) is 2.88. The summed E-state index contributed by atoms with van der Waals surface area (Å²) in [6, 6.07) is 23.7. The molecule has 1 heterocycles. The van der Waals surface area contributed by atoms with Crippen molar-refractivity contribution in [1.29, 1.82) is 0 Å². The summed E-state index contributed by atoms with van der Waals surface area (Å²) >= 11 is 0. The highest BCUT2D eigenvalue weighted by Crippen LogP contribution is 2.27. The molecule has 0 N–H and O–H groups in total. The minimum atomic E-state index is -0.728. The third kappa shape index (κ3) is 5.23. The summed E-state index contributed by atoms with van der Waals surface area (Å²) in [7, 11) is 0. The van der Waals surface area contributed by atoms with Crippen molar-refractivity contribution >= 4 is 22.8 Å². The predicted octanol–water partition coefficient (Wildman–Crippen LogP) is 5.75. The van der Waals surface area contributed by atoms with E-state index in [4.69, 9.17) is 9.15 Å². The second kappa shape index (κ2) is 10.2. The molecule has 0 bridgehead atoms. The lowest BCUT2D eigenvalue weighted by Gasteiger charge is -2.35. The first-order valence-electron chi connectivity index (χ1n) is 11.8. The molecular formula is C30H29NO5. The lowest BCUT2D eigenvalue weighted by Crippen LogP contribution is -2.46. The van der Waals surface area contributed by atoms with Crippen LogP contribution in [0, 0.1) is 6.92 Å². The van der Waals surface area contributed by atoms with Gasteiger partial charge in [-0.2, -0.15) is 0 Å². The highest BCUT2D eigenvalue weighted by molar-refractivity contribution is 6.02. The molecule has 0 aliphatic carbocycles. The largest absolute Gasteiger partial charge is 0.455 e. The Morgan fingerprint density at radius 1 is 0.889 bits per heavy atom. The van der Waals surface area contributed by atoms with E-state index in [2.05, 4.69) is 0 Å². The van der Waals surface area contributed by atoms with E-state index in [9.17, 15) is 14.4 Å². The molecule has 0 saturated carbocycles. The van der Waals surface area contributed by atoms with Crippen LogP contribution in [0.2, 0.25) is 0 Å². The molecule has 0 atom stereocenters. The van der Waals surface area contributed by atoms with Crippen LogP contribution < -0.4 is 5.43 Å². The van der Waals surface area contributed by atoms with Crippen molar-refractivity contribution in [2.45, 2.75) is 39.8 Å². The first kappa shape index (κ1) is 24.9. The number of hydrogen-bond donors (Lipinski definition) is 0. The van der Waals surface area contributed by atoms with Gasteiger partial charge in [0.05, 0.1) is 5.39 Å². The SMILES string of the molecule is Cc1c(-c2ccccc2)oc2c(C(=O)OCC(=O)N(Cc3ccccc3)C(C)(C)C)cccc2c1=O. The van der Waals surface area contributed by atoms with Crippen LogP contribution >= 0.6 is 0 Å². The van der Waals surface area contributed by atoms with E-state index >= 15 is 0 Å². The van der Waals surface area contributed by atoms with Crippen molar-refractivity contribution in [1.82, 2.24) is 4.90 Å². The Morgan fingerprint density at radius 2 is 1.53 bits per heavy atom. The van der Waals surface area contributed by atoms with E-state index in [1.807, 2.05) is 81.4 Å². The quantitative estimate of drug-likeness (QED) is 0.326. The van der Waals surface area contributed by atoms with E-state index in [-0.39, 0.29) is 27.9 Å². The number of para-hydroxylation sites is 1. The van der Waals surface area contributed by atoms with Crippen molar-refractivity contribution in [3.8, 4) is 11.3 Å². The van der Waals surface area contributed by atoms with Crippen molar-refractivity contribution in [3.05, 3.63) is 106 Å². The van der Waals surface area contributed by atoms with Gasteiger partial charge in [0.2, 0.25) is 0 Å². The van der Waals surface area contributed by atoms with Gasteiger partial charge in [-0.05, 0) is 45.4 Å². The van der Waals surface area contributed by atoms with Crippen LogP contribution in [0.5, 0.6) is 0 Å². The Bertz CT molecular complexity index is 1450. The zero-order valence-corrected chi connectivity index (χ0v) is 20.9. The minimum absolute atomic E-state index is 0.0972. The van der Waals surface area contributed by atoms with Gasteiger partial charge in [0.25, 0.3) is 5.91 Å². The number of esters is 1. The number of carbonyl (C=O) groups excluding carboxylic acids is 2. The number of hydrogen-bond acceptors (Lipinski definition) is 5. The molecule has 0 aliphatic rings. The molecule has 4 aromatic rings. The van der Waals surface area contributed by atoms with Gasteiger partial charge >= 0.3 is 5.97 Å². The maximum absolute atomic E-state index is 13.1. The van der Waals surface area contributed by atoms with Crippen molar-refractivity contribution in [3.63, 3.8) is 0 Å². The van der Waals surface area contributed by atoms with E-state index in [1.165, 1.54) is 6.07 Å². The number of amides is 1. The molecule has 1 amide bonds. The van der Waals surface area contributed by atoms with Crippen molar-refractivity contribution in [2.75, 3.05) is 6.61 Å². The Hall–Kier alpha value is -4.19. The second-order valence-corrected chi connectivity index (χ2v) is 9.65. The molecule has 184 valence electrons. The van der Waals surface area contributed by atoms with E-state index < -0.39 is 18.1 Å². The molecule has 0 aliphatic heterocycles. The number of rotatable bonds is 6. The molecule has 36 heavy (non-hydrogen) atoms. The van der Waals surface area contributed by atoms with E-state index in [0.29, 0.717) is 17.9 Å². The molecular weight excluding hydrogens is 454 g/mol. The molecule has 0 radical (unpaired) electrons. The highest BCUT2D eigenvalue weighted by Gasteiger charge is 2.28. The lowest BCUT2D eigenvalue weighted by molar-refractivity contribution is -0.140. The van der Waals surface area contributed by atoms with Gasteiger partial charge in [-0.3, -0.25) is 9.59 Å². The fraction of sp³-hybridized carbons (Fsp3) is 0.233. The van der Waals surface area contributed by atoms with Crippen LogP contribution in [0.3, 0.4) is 0 Å². The van der Waals surface area contributed by atoms with Crippen LogP contribution in [0.15, 0.2) is 88.1 Å². The molecule has 0 saturated heterocycles. The van der Waals surface area contributed by atoms with E-state index in [1.54, 1.807) is 24.0 Å². The predicted molar refractivity (Wildman–Crippen MR) is 140 cm³/mol. The van der Waals surface area contributed by atoms with Crippen LogP contribution in [-0.2, 0) is 16.1 Å². The topological polar surface area (TPSA) is 76.8 Å². The normalized spacial score (nSPS) is 11.3. The zero-order chi connectivity index (χ0) is 25.9. The maximum Gasteiger partial charge on any atom is 0.342 e. The first-order chi connectivity index (χ1) is 17.2. The van der Waals surface area contributed by atoms with Crippen molar-refractivity contribution < 1.29 is 18.7 Å². The molecule has 0 unspecified atom stereocenters. The summed E-state index contributed by atoms with van der Waals surface area (Å²) < 4.78 is 11.5. The first-order valence-corrected chi connectivity index (χ1v) is 11.8. The van der Waals surface area contributed by atoms with Crippen LogP contribution in [0.4, 0.5) is 0 Å². The third-order valence-corrected chi connectivity index (χ3v) is 6.02. The Labute approximate surface area is 210 Å². The highest BCUT2D eigenvalue weighted by atomic mass is 16.5. The number of carbonyl (C=O) groups is 2. The average molecular weight is 484 g/mol. The number of fused-ring (bicyclic) bond motifs is 1. The Balaban J connectivity index is 1.61. The zero-order valence-electron chi connectivity index (χ0n) is 20.9. The number of ether oxygens (including phenoxy) is 1. The molecule has 1 aromatic heterocycles. The van der Waals surface area contributed by atoms with Gasteiger partial charge in [0, 0.05) is 23.2 Å². The van der Waals surface area contributed by atoms with Gasteiger partial charge < -0.3 is 14.1 Å². The fourth-order valence-electron chi connectivity index (χ4n) is 4.08. The van der Waals surface area contributed by atoms with E-state index in [0.717, 1.165) is 11.1 Å². The summed E-state index contributed by atoms with van der Waals surface area (Å²) in [5.74, 6) is -0.651. The summed E-state index contributed by atoms with van der Waals surface area (Å²) in [4.78, 5) is 40.9. The fourth-order valence-corrected chi connectivity index (χ4v) is 4.08. The second-order valence-electron chi connectivity index (χ2n) is 9.65.